The molecule has 1 aromatic heterocycles. The van der Waals surface area contributed by atoms with Gasteiger partial charge in [0.25, 0.3) is 0 Å². The van der Waals surface area contributed by atoms with E-state index in [1.807, 2.05) is 105 Å². The van der Waals surface area contributed by atoms with Gasteiger partial charge in [0, 0.05) is 36.8 Å². The number of azo groups is 2. The molecule has 8 aromatic carbocycles. The van der Waals surface area contributed by atoms with Gasteiger partial charge in [0.2, 0.25) is 5.82 Å². The molecule has 0 saturated carbocycles. The number of aryl methyl sites for hydroxylation is 2. The minimum atomic E-state index is 0.162. The molecule has 10 heteroatoms. The molecule has 346 valence electrons. The van der Waals surface area contributed by atoms with Crippen LogP contribution in [0.5, 0.6) is 23.0 Å². The third-order valence-electron chi connectivity index (χ3n) is 12.4. The first-order valence-electron chi connectivity index (χ1n) is 23.5. The molecule has 0 saturated heterocycles. The molecule has 10 nitrogen and oxygen atoms in total. The fourth-order valence-electron chi connectivity index (χ4n) is 8.81. The molecule has 0 atom stereocenters. The van der Waals surface area contributed by atoms with Gasteiger partial charge in [-0.05, 0) is 88.2 Å². The summed E-state index contributed by atoms with van der Waals surface area (Å²) in [4.78, 5) is 0. The van der Waals surface area contributed by atoms with Crippen LogP contribution < -0.4 is 14.2 Å². The van der Waals surface area contributed by atoms with Crippen LogP contribution in [0, 0.1) is 13.8 Å². The number of aromatic amines is 1. The molecule has 70 heavy (non-hydrogen) atoms. The molecular weight excluding hydrogens is 869 g/mol. The molecule has 1 heterocycles. The topological polar surface area (TPSA) is 126 Å². The summed E-state index contributed by atoms with van der Waals surface area (Å²) in [6.07, 6.45) is 1.75. The van der Waals surface area contributed by atoms with Crippen molar-refractivity contribution in [3.8, 4) is 23.0 Å². The summed E-state index contributed by atoms with van der Waals surface area (Å²) >= 11 is 0. The van der Waals surface area contributed by atoms with E-state index in [2.05, 4.69) is 117 Å². The Hall–Kier alpha value is -8.63. The maximum Gasteiger partial charge on any atom is 0.223 e. The fraction of sp³-hybridized carbons (Fsp3) is 0.150. The average molecular weight is 921 g/mol. The molecule has 0 aliphatic heterocycles. The number of phenols is 1. The second-order valence-electron chi connectivity index (χ2n) is 17.6. The number of fused-ring (bicyclic) bond motifs is 8. The van der Waals surface area contributed by atoms with Crippen LogP contribution in [-0.2, 0) is 45.5 Å². The molecule has 0 fully saturated rings. The highest BCUT2D eigenvalue weighted by Crippen LogP contribution is 2.41. The number of nitrogens with one attached hydrogen (secondary N) is 1. The summed E-state index contributed by atoms with van der Waals surface area (Å²) in [5, 5.41) is 38.3. The van der Waals surface area contributed by atoms with Crippen LogP contribution in [0.15, 0.2) is 202 Å². The van der Waals surface area contributed by atoms with E-state index in [4.69, 9.17) is 19.3 Å². The number of aromatic hydroxyl groups is 1. The van der Waals surface area contributed by atoms with E-state index >= 15 is 0 Å². The van der Waals surface area contributed by atoms with E-state index in [0.29, 0.717) is 85.2 Å². The van der Waals surface area contributed by atoms with Gasteiger partial charge in [-0.1, -0.05) is 163 Å². The van der Waals surface area contributed by atoms with Crippen LogP contribution in [0.25, 0.3) is 0 Å². The van der Waals surface area contributed by atoms with Gasteiger partial charge in [-0.25, -0.2) is 0 Å². The predicted molar refractivity (Wildman–Crippen MR) is 274 cm³/mol. The SMILES string of the molecule is Cc1ccc(N=Nc2c(N=Nc3cc4c(O)c(c3)Cc3cccc(c3OCc3ccccc3)Cc3cccc(c3OCc3ccccc3)Cc3cccc(c3OCc3ccccc3)C4)n[nH]c2C)cc1. The first-order chi connectivity index (χ1) is 34.4. The lowest BCUT2D eigenvalue weighted by Crippen LogP contribution is -2.08. The quantitative estimate of drug-likeness (QED) is 0.111. The molecule has 1 aliphatic rings. The lowest BCUT2D eigenvalue weighted by molar-refractivity contribution is 0.295. The van der Waals surface area contributed by atoms with Gasteiger partial charge >= 0.3 is 0 Å². The van der Waals surface area contributed by atoms with E-state index in [1.165, 1.54) is 0 Å². The van der Waals surface area contributed by atoms with Crippen molar-refractivity contribution in [1.82, 2.24) is 10.2 Å². The molecule has 1 aliphatic carbocycles. The Balaban J connectivity index is 1.11. The van der Waals surface area contributed by atoms with Crippen LogP contribution in [0.2, 0.25) is 0 Å². The van der Waals surface area contributed by atoms with Crippen molar-refractivity contribution in [2.24, 2.45) is 20.5 Å². The van der Waals surface area contributed by atoms with Gasteiger partial charge in [0.15, 0.2) is 5.69 Å². The zero-order chi connectivity index (χ0) is 47.7. The van der Waals surface area contributed by atoms with Gasteiger partial charge < -0.3 is 19.3 Å². The summed E-state index contributed by atoms with van der Waals surface area (Å²) in [5.74, 6) is 2.80. The number of H-pyrrole nitrogens is 1. The van der Waals surface area contributed by atoms with Crippen LogP contribution in [0.1, 0.15) is 72.5 Å². The van der Waals surface area contributed by atoms with Crippen molar-refractivity contribution in [3.05, 3.63) is 254 Å². The van der Waals surface area contributed by atoms with Crippen molar-refractivity contribution < 1.29 is 19.3 Å². The van der Waals surface area contributed by atoms with Crippen molar-refractivity contribution in [3.63, 3.8) is 0 Å². The number of ether oxygens (including phenoxy) is 3. The lowest BCUT2D eigenvalue weighted by atomic mass is 9.91. The van der Waals surface area contributed by atoms with Gasteiger partial charge in [-0.3, -0.25) is 5.10 Å². The van der Waals surface area contributed by atoms with E-state index < -0.39 is 0 Å². The van der Waals surface area contributed by atoms with Crippen LogP contribution >= 0.6 is 0 Å². The van der Waals surface area contributed by atoms with E-state index in [-0.39, 0.29) is 5.75 Å². The maximum absolute atomic E-state index is 12.5. The average Bonchev–Trinajstić information content (AvgIpc) is 3.74. The zero-order valence-electron chi connectivity index (χ0n) is 39.2. The largest absolute Gasteiger partial charge is 0.507 e. The minimum absolute atomic E-state index is 0.162. The Morgan fingerprint density at radius 3 is 1.23 bits per heavy atom. The van der Waals surface area contributed by atoms with Gasteiger partial charge in [0.1, 0.15) is 42.8 Å². The molecule has 0 amide bonds. The number of para-hydroxylation sites is 3. The van der Waals surface area contributed by atoms with Crippen LogP contribution in [0.3, 0.4) is 0 Å². The van der Waals surface area contributed by atoms with E-state index in [0.717, 1.165) is 72.9 Å². The van der Waals surface area contributed by atoms with Gasteiger partial charge in [-0.2, -0.15) is 10.2 Å². The predicted octanol–water partition coefficient (Wildman–Crippen LogP) is 15.0. The highest BCUT2D eigenvalue weighted by molar-refractivity contribution is 5.62. The first-order valence-corrected chi connectivity index (χ1v) is 23.5. The summed E-state index contributed by atoms with van der Waals surface area (Å²) in [7, 11) is 0. The number of rotatable bonds is 13. The fourth-order valence-corrected chi connectivity index (χ4v) is 8.81. The standard InChI is InChI=1S/C60H52N6O4/c1-40-27-29-53(30-28-40)62-64-55-41(2)61-65-60(55)66-63-54-35-51-33-49-25-13-23-47(58(49)69-38-43-17-8-4-9-18-43)31-45-21-12-22-46(57(45)68-37-42-15-6-3-7-16-42)32-48-24-14-26-50(34-52(36-54)56(51)67)59(48)70-39-44-19-10-5-11-20-44/h3-30,35-36,67H,31-34,37-39H2,1-2H3,(H,61,65). The molecule has 0 unspecified atom stereocenters. The smallest absolute Gasteiger partial charge is 0.223 e. The molecule has 9 aromatic rings. The normalized spacial score (nSPS) is 12.3. The second-order valence-corrected chi connectivity index (χ2v) is 17.6. The molecule has 0 radical (unpaired) electrons. The Morgan fingerprint density at radius 2 is 0.814 bits per heavy atom. The molecular formula is C60H52N6O4. The van der Waals surface area contributed by atoms with Crippen molar-refractivity contribution >= 4 is 22.9 Å². The summed E-state index contributed by atoms with van der Waals surface area (Å²) in [6, 6.07) is 61.1. The highest BCUT2D eigenvalue weighted by Gasteiger charge is 2.22. The Bertz CT molecular complexity index is 3160. The van der Waals surface area contributed by atoms with Crippen molar-refractivity contribution in [2.45, 2.75) is 59.4 Å². The van der Waals surface area contributed by atoms with Gasteiger partial charge in [0.05, 0.1) is 17.1 Å². The molecule has 0 spiro atoms. The Labute approximate surface area is 408 Å². The minimum Gasteiger partial charge on any atom is -0.507 e. The Morgan fingerprint density at radius 1 is 0.429 bits per heavy atom. The third kappa shape index (κ3) is 10.7. The van der Waals surface area contributed by atoms with Crippen molar-refractivity contribution in [1.29, 1.82) is 0 Å². The summed E-state index contributed by atoms with van der Waals surface area (Å²) < 4.78 is 20.6. The number of phenolic OH excluding ortho intramolecular Hbond substituents is 1. The first kappa shape index (κ1) is 45.2. The number of benzene rings is 8. The van der Waals surface area contributed by atoms with E-state index in [9.17, 15) is 5.11 Å². The number of hydrogen-bond donors (Lipinski definition) is 2. The molecule has 8 bridgehead atoms. The monoisotopic (exact) mass is 920 g/mol. The number of nitrogens with zero attached hydrogens (tertiary/aromatic N) is 5. The number of aromatic nitrogens is 2. The van der Waals surface area contributed by atoms with Crippen LogP contribution in [0.4, 0.5) is 22.9 Å². The maximum atomic E-state index is 12.5. The van der Waals surface area contributed by atoms with Gasteiger partial charge in [-0.15, -0.1) is 15.3 Å². The second kappa shape index (κ2) is 21.1. The van der Waals surface area contributed by atoms with Crippen LogP contribution in [-0.4, -0.2) is 15.3 Å². The zero-order valence-corrected chi connectivity index (χ0v) is 39.2. The third-order valence-corrected chi connectivity index (χ3v) is 12.4. The lowest BCUT2D eigenvalue weighted by Gasteiger charge is -2.22. The Kier molecular flexibility index (Phi) is 13.6. The van der Waals surface area contributed by atoms with E-state index in [1.54, 1.807) is 0 Å². The summed E-state index contributed by atoms with van der Waals surface area (Å²) in [5.41, 5.74) is 13.9. The highest BCUT2D eigenvalue weighted by atomic mass is 16.5. The van der Waals surface area contributed by atoms with Crippen molar-refractivity contribution in [2.75, 3.05) is 0 Å². The molecule has 2 N–H and O–H groups in total. The molecule has 10 rings (SSSR count). The number of hydrogen-bond acceptors (Lipinski definition) is 9. The summed E-state index contributed by atoms with van der Waals surface area (Å²) in [6.45, 7) is 5.04.